The third-order valence-corrected chi connectivity index (χ3v) is 5.11. The maximum absolute atomic E-state index is 12.5. The number of thiophene rings is 1. The van der Waals surface area contributed by atoms with E-state index in [1.54, 1.807) is 17.5 Å². The molecule has 0 spiro atoms. The number of hydrogen-bond donors (Lipinski definition) is 0. The zero-order valence-electron chi connectivity index (χ0n) is 14.1. The minimum atomic E-state index is 0.212. The van der Waals surface area contributed by atoms with E-state index in [2.05, 4.69) is 27.4 Å². The van der Waals surface area contributed by atoms with Crippen LogP contribution in [0, 0.1) is 0 Å². The maximum Gasteiger partial charge on any atom is 0.236 e. The average Bonchev–Trinajstić information content (AvgIpc) is 3.09. The van der Waals surface area contributed by atoms with Gasteiger partial charge in [0.05, 0.1) is 12.2 Å². The summed E-state index contributed by atoms with van der Waals surface area (Å²) in [4.78, 5) is 24.6. The van der Waals surface area contributed by atoms with Gasteiger partial charge in [0.15, 0.2) is 0 Å². The Morgan fingerprint density at radius 3 is 2.71 bits per heavy atom. The van der Waals surface area contributed by atoms with Crippen molar-refractivity contribution >= 4 is 17.2 Å². The number of hydrogen-bond acceptors (Lipinski definition) is 5. The van der Waals surface area contributed by atoms with Crippen LogP contribution in [0.15, 0.2) is 41.9 Å². The van der Waals surface area contributed by atoms with Crippen molar-refractivity contribution in [2.24, 2.45) is 0 Å². The summed E-state index contributed by atoms with van der Waals surface area (Å²) < 4.78 is 0. The molecule has 1 saturated heterocycles. The Morgan fingerprint density at radius 2 is 2.04 bits per heavy atom. The van der Waals surface area contributed by atoms with Crippen molar-refractivity contribution in [1.29, 1.82) is 0 Å². The van der Waals surface area contributed by atoms with Gasteiger partial charge in [0.2, 0.25) is 5.91 Å². The molecule has 1 aliphatic heterocycles. The second-order valence-electron chi connectivity index (χ2n) is 6.23. The van der Waals surface area contributed by atoms with Gasteiger partial charge >= 0.3 is 0 Å². The van der Waals surface area contributed by atoms with Crippen LogP contribution in [0.3, 0.4) is 0 Å². The molecule has 0 aliphatic carbocycles. The Kier molecular flexibility index (Phi) is 5.96. The molecule has 2 aromatic rings. The summed E-state index contributed by atoms with van der Waals surface area (Å²) >= 11 is 1.80. The summed E-state index contributed by atoms with van der Waals surface area (Å²) in [5, 5.41) is 2.12. The van der Waals surface area contributed by atoms with Gasteiger partial charge in [-0.1, -0.05) is 12.1 Å². The van der Waals surface area contributed by atoms with Gasteiger partial charge in [0.25, 0.3) is 0 Å². The topological polar surface area (TPSA) is 39.7 Å². The molecule has 0 radical (unpaired) electrons. The molecule has 2 aromatic heterocycles. The lowest BCUT2D eigenvalue weighted by molar-refractivity contribution is -0.134. The molecular weight excluding hydrogens is 320 g/mol. The van der Waals surface area contributed by atoms with Crippen molar-refractivity contribution in [3.8, 4) is 0 Å². The van der Waals surface area contributed by atoms with Crippen LogP contribution in [-0.2, 0) is 17.9 Å². The number of likely N-dealkylation sites (N-methyl/N-ethyl adjacent to an activating group) is 1. The van der Waals surface area contributed by atoms with Crippen molar-refractivity contribution < 1.29 is 4.79 Å². The van der Waals surface area contributed by atoms with Crippen LogP contribution >= 0.6 is 11.3 Å². The van der Waals surface area contributed by atoms with Crippen LogP contribution in [0.1, 0.15) is 10.6 Å². The van der Waals surface area contributed by atoms with Gasteiger partial charge in [-0.05, 0) is 30.6 Å². The summed E-state index contributed by atoms with van der Waals surface area (Å²) in [6.07, 6.45) is 1.79. The molecule has 0 N–H and O–H groups in total. The number of amides is 1. The first-order valence-corrected chi connectivity index (χ1v) is 9.19. The first kappa shape index (κ1) is 17.1. The summed E-state index contributed by atoms with van der Waals surface area (Å²) in [5.74, 6) is 0.212. The van der Waals surface area contributed by atoms with Gasteiger partial charge in [0.1, 0.15) is 0 Å². The van der Waals surface area contributed by atoms with Crippen molar-refractivity contribution in [2.75, 3.05) is 39.8 Å². The summed E-state index contributed by atoms with van der Waals surface area (Å²) in [6.45, 7) is 5.69. The third kappa shape index (κ3) is 4.87. The lowest BCUT2D eigenvalue weighted by Crippen LogP contribution is -2.50. The first-order chi connectivity index (χ1) is 11.7. The van der Waals surface area contributed by atoms with Crippen LogP contribution in [0.25, 0.3) is 0 Å². The van der Waals surface area contributed by atoms with E-state index in [0.29, 0.717) is 13.1 Å². The highest BCUT2D eigenvalue weighted by molar-refractivity contribution is 7.09. The van der Waals surface area contributed by atoms with Gasteiger partial charge < -0.3 is 4.90 Å². The highest BCUT2D eigenvalue weighted by atomic mass is 32.1. The van der Waals surface area contributed by atoms with Gasteiger partial charge in [-0.15, -0.1) is 11.3 Å². The highest BCUT2D eigenvalue weighted by Crippen LogP contribution is 2.13. The van der Waals surface area contributed by atoms with Crippen molar-refractivity contribution in [3.05, 3.63) is 52.5 Å². The number of carbonyl (C=O) groups excluding carboxylic acids is 1. The number of aromatic nitrogens is 1. The van der Waals surface area contributed by atoms with Crippen molar-refractivity contribution in [3.63, 3.8) is 0 Å². The Morgan fingerprint density at radius 1 is 1.21 bits per heavy atom. The Balaban J connectivity index is 1.41. The Bertz CT molecular complexity index is 624. The molecule has 0 saturated carbocycles. The van der Waals surface area contributed by atoms with Crippen LogP contribution in [-0.4, -0.2) is 65.4 Å². The molecule has 0 bridgehead atoms. The minimum Gasteiger partial charge on any atom is -0.339 e. The largest absolute Gasteiger partial charge is 0.339 e. The highest BCUT2D eigenvalue weighted by Gasteiger charge is 2.22. The van der Waals surface area contributed by atoms with E-state index >= 15 is 0 Å². The SMILES string of the molecule is CN(CC(=O)N1CCN(Cc2cccs2)CC1)Cc1ccccn1. The molecule has 24 heavy (non-hydrogen) atoms. The van der Waals surface area contributed by atoms with Crippen molar-refractivity contribution in [1.82, 2.24) is 19.7 Å². The molecular formula is C18H24N4OS. The number of piperazine rings is 1. The molecule has 3 rings (SSSR count). The van der Waals surface area contributed by atoms with Gasteiger partial charge in [-0.25, -0.2) is 0 Å². The molecule has 1 amide bonds. The van der Waals surface area contributed by atoms with E-state index in [9.17, 15) is 4.79 Å². The predicted molar refractivity (Wildman–Crippen MR) is 96.7 cm³/mol. The normalized spacial score (nSPS) is 15.8. The monoisotopic (exact) mass is 344 g/mol. The van der Waals surface area contributed by atoms with Crippen LogP contribution < -0.4 is 0 Å². The smallest absolute Gasteiger partial charge is 0.236 e. The molecule has 0 unspecified atom stereocenters. The lowest BCUT2D eigenvalue weighted by atomic mass is 10.3. The average molecular weight is 344 g/mol. The second-order valence-corrected chi connectivity index (χ2v) is 7.26. The fourth-order valence-corrected chi connectivity index (χ4v) is 3.68. The van der Waals surface area contributed by atoms with Gasteiger partial charge in [-0.2, -0.15) is 0 Å². The quantitative estimate of drug-likeness (QED) is 0.803. The number of carbonyl (C=O) groups is 1. The van der Waals surface area contributed by atoms with E-state index in [-0.39, 0.29) is 5.91 Å². The summed E-state index contributed by atoms with van der Waals surface area (Å²) in [7, 11) is 1.97. The predicted octanol–water partition coefficient (Wildman–Crippen LogP) is 1.92. The molecule has 5 nitrogen and oxygen atoms in total. The fraction of sp³-hybridized carbons (Fsp3) is 0.444. The number of pyridine rings is 1. The summed E-state index contributed by atoms with van der Waals surface area (Å²) in [6, 6.07) is 10.1. The molecule has 1 fully saturated rings. The molecule has 0 aromatic carbocycles. The minimum absolute atomic E-state index is 0.212. The molecule has 1 aliphatic rings. The first-order valence-electron chi connectivity index (χ1n) is 8.31. The molecule has 3 heterocycles. The summed E-state index contributed by atoms with van der Waals surface area (Å²) in [5.41, 5.74) is 0.994. The number of nitrogens with zero attached hydrogens (tertiary/aromatic N) is 4. The van der Waals surface area contributed by atoms with E-state index in [0.717, 1.165) is 38.4 Å². The molecule has 128 valence electrons. The lowest BCUT2D eigenvalue weighted by Gasteiger charge is -2.35. The number of rotatable bonds is 6. The van der Waals surface area contributed by atoms with Crippen LogP contribution in [0.2, 0.25) is 0 Å². The second kappa shape index (κ2) is 8.37. The Hall–Kier alpha value is -1.76. The van der Waals surface area contributed by atoms with E-state index in [1.165, 1.54) is 4.88 Å². The Labute approximate surface area is 147 Å². The van der Waals surface area contributed by atoms with E-state index < -0.39 is 0 Å². The third-order valence-electron chi connectivity index (χ3n) is 4.25. The fourth-order valence-electron chi connectivity index (χ4n) is 2.93. The molecule has 0 atom stereocenters. The van der Waals surface area contributed by atoms with Crippen LogP contribution in [0.4, 0.5) is 0 Å². The maximum atomic E-state index is 12.5. The zero-order chi connectivity index (χ0) is 16.8. The van der Waals surface area contributed by atoms with Crippen LogP contribution in [0.5, 0.6) is 0 Å². The van der Waals surface area contributed by atoms with Gasteiger partial charge in [0, 0.05) is 50.3 Å². The molecule has 6 heteroatoms. The van der Waals surface area contributed by atoms with E-state index in [4.69, 9.17) is 0 Å². The zero-order valence-corrected chi connectivity index (χ0v) is 14.9. The standard InChI is InChI=1S/C18H24N4OS/c1-20(13-16-5-2-3-7-19-16)15-18(23)22-10-8-21(9-11-22)14-17-6-4-12-24-17/h2-7,12H,8-11,13-15H2,1H3. The van der Waals surface area contributed by atoms with E-state index in [1.807, 2.05) is 35.0 Å². The van der Waals surface area contributed by atoms with Crippen molar-refractivity contribution in [2.45, 2.75) is 13.1 Å². The van der Waals surface area contributed by atoms with Gasteiger partial charge in [-0.3, -0.25) is 19.6 Å².